The highest BCUT2D eigenvalue weighted by atomic mass is 35.5. The van der Waals surface area contributed by atoms with Gasteiger partial charge in [0.1, 0.15) is 23.8 Å². The highest BCUT2D eigenvalue weighted by molar-refractivity contribution is 6.34. The molecular formula is C28H30Cl2N8O4. The summed E-state index contributed by atoms with van der Waals surface area (Å²) in [6.07, 6.45) is 4.43. The lowest BCUT2D eigenvalue weighted by molar-refractivity contribution is -0.116. The van der Waals surface area contributed by atoms with Gasteiger partial charge in [0, 0.05) is 50.0 Å². The first-order valence-electron chi connectivity index (χ1n) is 13.1. The largest absolute Gasteiger partial charge is 0.506 e. The molecule has 0 radical (unpaired) electrons. The molecule has 1 aliphatic rings. The molecule has 0 aliphatic carbocycles. The lowest BCUT2D eigenvalue weighted by Gasteiger charge is -2.47. The number of aryl methyl sites for hydroxylation is 1. The Morgan fingerprint density at radius 2 is 1.86 bits per heavy atom. The van der Waals surface area contributed by atoms with Crippen LogP contribution in [-0.4, -0.2) is 73.1 Å². The molecule has 0 spiro atoms. The number of primary amides is 1. The van der Waals surface area contributed by atoms with Gasteiger partial charge in [-0.2, -0.15) is 0 Å². The number of carbonyl (C=O) groups excluding carboxylic acids is 2. The molecule has 1 aliphatic heterocycles. The maximum atomic E-state index is 13.3. The molecule has 2 amide bonds. The first kappa shape index (κ1) is 29.4. The van der Waals surface area contributed by atoms with E-state index in [1.807, 2.05) is 0 Å². The Hall–Kier alpha value is -4.13. The molecule has 0 atom stereocenters. The zero-order valence-electron chi connectivity index (χ0n) is 23.5. The fourth-order valence-electron chi connectivity index (χ4n) is 5.39. The van der Waals surface area contributed by atoms with Gasteiger partial charge < -0.3 is 35.1 Å². The van der Waals surface area contributed by atoms with Crippen molar-refractivity contribution in [3.63, 3.8) is 0 Å². The lowest BCUT2D eigenvalue weighted by Crippen LogP contribution is -2.58. The van der Waals surface area contributed by atoms with Crippen LogP contribution in [-0.2, 0) is 18.4 Å². The molecule has 3 aromatic heterocycles. The molecule has 1 saturated heterocycles. The van der Waals surface area contributed by atoms with Crippen LogP contribution >= 0.6 is 23.2 Å². The van der Waals surface area contributed by atoms with Gasteiger partial charge >= 0.3 is 0 Å². The predicted octanol–water partition coefficient (Wildman–Crippen LogP) is 3.08. The van der Waals surface area contributed by atoms with E-state index in [4.69, 9.17) is 28.9 Å². The Labute approximate surface area is 251 Å². The summed E-state index contributed by atoms with van der Waals surface area (Å²) in [5, 5.41) is 13.4. The summed E-state index contributed by atoms with van der Waals surface area (Å²) >= 11 is 12.6. The molecule has 14 heteroatoms. The van der Waals surface area contributed by atoms with Crippen molar-refractivity contribution in [3.8, 4) is 16.9 Å². The molecule has 42 heavy (non-hydrogen) atoms. The number of hydrogen-bond acceptors (Lipinski definition) is 8. The van der Waals surface area contributed by atoms with Crippen molar-refractivity contribution in [1.82, 2.24) is 24.0 Å². The van der Waals surface area contributed by atoms with Gasteiger partial charge in [0.05, 0.1) is 39.2 Å². The van der Waals surface area contributed by atoms with Crippen molar-refractivity contribution in [3.05, 3.63) is 62.9 Å². The van der Waals surface area contributed by atoms with Crippen LogP contribution in [0.2, 0.25) is 10.0 Å². The van der Waals surface area contributed by atoms with Gasteiger partial charge in [-0.3, -0.25) is 14.4 Å². The molecule has 220 valence electrons. The van der Waals surface area contributed by atoms with Gasteiger partial charge in [-0.05, 0) is 38.6 Å². The number of nitrogens with one attached hydrogen (secondary N) is 1. The molecule has 1 fully saturated rings. The van der Waals surface area contributed by atoms with Crippen LogP contribution in [0.3, 0.4) is 0 Å². The van der Waals surface area contributed by atoms with Crippen molar-refractivity contribution in [2.45, 2.75) is 25.9 Å². The maximum Gasteiger partial charge on any atom is 0.263 e. The van der Waals surface area contributed by atoms with E-state index in [9.17, 15) is 19.5 Å². The Balaban J connectivity index is 1.49. The number of likely N-dealkylation sites (N-methyl/N-ethyl adjacent to an activating group) is 1. The zero-order chi connectivity index (χ0) is 30.5. The van der Waals surface area contributed by atoms with E-state index in [2.05, 4.69) is 46.0 Å². The number of halogens is 2. The molecule has 12 nitrogen and oxygen atoms in total. The van der Waals surface area contributed by atoms with Crippen molar-refractivity contribution in [2.24, 2.45) is 12.8 Å². The number of amides is 2. The maximum absolute atomic E-state index is 13.3. The smallest absolute Gasteiger partial charge is 0.263 e. The third-order valence-corrected chi connectivity index (χ3v) is 7.96. The molecule has 0 saturated carbocycles. The summed E-state index contributed by atoms with van der Waals surface area (Å²) in [5.74, 6) is -1.07. The number of phenols is 1. The summed E-state index contributed by atoms with van der Waals surface area (Å²) in [4.78, 5) is 51.8. The Kier molecular flexibility index (Phi) is 7.64. The number of aromatic hydroxyl groups is 1. The standard InChI is InChI=1S/C28H30Cl2N8O4/c1-28(2)13-35(3)5-6-38(28)21-9-20(19(30)10-32-21)34-22(39)12-37-11-17(23-26(37)33-14-36(4)27(23)42)15-7-16(25(31)41)24(40)18(29)8-15/h7-11,14,40H,5-6,12-13H2,1-4H3,(H2,31,41)(H,32,34,39). The number of rotatable bonds is 6. The number of hydrogen-bond donors (Lipinski definition) is 3. The number of nitrogens with two attached hydrogens (primary N) is 1. The number of fused-ring (bicyclic) bond motifs is 1. The molecule has 4 heterocycles. The summed E-state index contributed by atoms with van der Waals surface area (Å²) < 4.78 is 2.82. The topological polar surface area (TPSA) is 152 Å². The fourth-order valence-corrected chi connectivity index (χ4v) is 5.76. The zero-order valence-corrected chi connectivity index (χ0v) is 25.0. The van der Waals surface area contributed by atoms with Crippen LogP contribution in [0.5, 0.6) is 5.75 Å². The van der Waals surface area contributed by atoms with Gasteiger partial charge in [-0.25, -0.2) is 9.97 Å². The van der Waals surface area contributed by atoms with Gasteiger partial charge in [0.25, 0.3) is 11.5 Å². The van der Waals surface area contributed by atoms with E-state index in [-0.39, 0.29) is 44.3 Å². The van der Waals surface area contributed by atoms with Gasteiger partial charge in [0.2, 0.25) is 5.91 Å². The minimum absolute atomic E-state index is 0.118. The van der Waals surface area contributed by atoms with E-state index in [0.717, 1.165) is 19.6 Å². The lowest BCUT2D eigenvalue weighted by atomic mass is 9.99. The van der Waals surface area contributed by atoms with E-state index < -0.39 is 17.6 Å². The highest BCUT2D eigenvalue weighted by Crippen LogP contribution is 2.36. The second-order valence-electron chi connectivity index (χ2n) is 11.0. The van der Waals surface area contributed by atoms with Crippen LogP contribution in [0, 0.1) is 0 Å². The highest BCUT2D eigenvalue weighted by Gasteiger charge is 2.33. The van der Waals surface area contributed by atoms with Crippen LogP contribution in [0.4, 0.5) is 11.5 Å². The molecule has 4 N–H and O–H groups in total. The predicted molar refractivity (Wildman–Crippen MR) is 162 cm³/mol. The van der Waals surface area contributed by atoms with E-state index in [1.165, 1.54) is 33.8 Å². The number of pyridine rings is 1. The van der Waals surface area contributed by atoms with Crippen LogP contribution < -0.4 is 21.5 Å². The number of anilines is 2. The third-order valence-electron chi connectivity index (χ3n) is 7.38. The SMILES string of the molecule is CN1CCN(c2cc(NC(=O)Cn3cc(-c4cc(Cl)c(O)c(C(N)=O)c4)c4c(=O)n(C)cnc43)c(Cl)cn2)C(C)(C)C1. The van der Waals surface area contributed by atoms with E-state index >= 15 is 0 Å². The van der Waals surface area contributed by atoms with Crippen molar-refractivity contribution >= 4 is 57.6 Å². The number of piperazine rings is 1. The van der Waals surface area contributed by atoms with E-state index in [1.54, 1.807) is 19.3 Å². The monoisotopic (exact) mass is 612 g/mol. The fraction of sp³-hybridized carbons (Fsp3) is 0.321. The summed E-state index contributed by atoms with van der Waals surface area (Å²) in [6.45, 7) is 6.55. The molecule has 1 aromatic carbocycles. The average molecular weight is 614 g/mol. The van der Waals surface area contributed by atoms with Crippen LogP contribution in [0.25, 0.3) is 22.2 Å². The Morgan fingerprint density at radius 3 is 2.55 bits per heavy atom. The molecule has 0 bridgehead atoms. The minimum Gasteiger partial charge on any atom is -0.506 e. The summed E-state index contributed by atoms with van der Waals surface area (Å²) in [5.41, 5.74) is 6.00. The number of nitrogens with zero attached hydrogens (tertiary/aromatic N) is 6. The summed E-state index contributed by atoms with van der Waals surface area (Å²) in [6, 6.07) is 4.50. The average Bonchev–Trinajstić information content (AvgIpc) is 3.27. The van der Waals surface area contributed by atoms with Crippen LogP contribution in [0.1, 0.15) is 24.2 Å². The van der Waals surface area contributed by atoms with Crippen molar-refractivity contribution in [2.75, 3.05) is 36.9 Å². The molecule has 0 unspecified atom stereocenters. The third kappa shape index (κ3) is 5.40. The molecule has 5 rings (SSSR count). The molecule has 4 aromatic rings. The van der Waals surface area contributed by atoms with Crippen molar-refractivity contribution in [1.29, 1.82) is 0 Å². The first-order valence-corrected chi connectivity index (χ1v) is 13.8. The number of benzene rings is 1. The second kappa shape index (κ2) is 10.9. The van der Waals surface area contributed by atoms with Crippen molar-refractivity contribution < 1.29 is 14.7 Å². The van der Waals surface area contributed by atoms with Gasteiger partial charge in [-0.1, -0.05) is 23.2 Å². The van der Waals surface area contributed by atoms with Gasteiger partial charge in [-0.15, -0.1) is 0 Å². The minimum atomic E-state index is -0.890. The van der Waals surface area contributed by atoms with E-state index in [0.29, 0.717) is 22.6 Å². The van der Waals surface area contributed by atoms with Gasteiger partial charge in [0.15, 0.2) is 0 Å². The van der Waals surface area contributed by atoms with Crippen LogP contribution in [0.15, 0.2) is 41.7 Å². The quantitative estimate of drug-likeness (QED) is 0.300. The Morgan fingerprint density at radius 1 is 1.12 bits per heavy atom. The molecular weight excluding hydrogens is 583 g/mol. The Bertz CT molecular complexity index is 1800. The summed E-state index contributed by atoms with van der Waals surface area (Å²) in [7, 11) is 3.62. The first-order chi connectivity index (χ1) is 19.8. The normalized spacial score (nSPS) is 15.2. The number of aromatic nitrogens is 4. The number of carbonyl (C=O) groups is 2. The second-order valence-corrected chi connectivity index (χ2v) is 11.8.